The molecule has 5 rings (SSSR count). The van der Waals surface area contributed by atoms with E-state index in [9.17, 15) is 37.5 Å². The maximum Gasteiger partial charge on any atom is 0.422 e. The van der Waals surface area contributed by atoms with Crippen LogP contribution >= 0.6 is 11.6 Å². The smallest absolute Gasteiger partial charge is 0.422 e. The van der Waals surface area contributed by atoms with Gasteiger partial charge in [-0.1, -0.05) is 29.8 Å². The first-order valence-corrected chi connectivity index (χ1v) is 17.0. The number of carbonyl (C=O) groups excluding carboxylic acids is 3. The van der Waals surface area contributed by atoms with Crippen LogP contribution in [-0.4, -0.2) is 76.7 Å². The first kappa shape index (κ1) is 40.0. The van der Waals surface area contributed by atoms with Crippen LogP contribution < -0.4 is 35.5 Å². The summed E-state index contributed by atoms with van der Waals surface area (Å²) >= 11 is 6.02. The molecule has 1 saturated carbocycles. The number of rotatable bonds is 18. The zero-order valence-corrected chi connectivity index (χ0v) is 30.1. The Labute approximate surface area is 317 Å². The number of carbonyl (C=O) groups is 4. The SMILES string of the molecule is COc1ccc(CNC(=O)C(=O)CC[C@H](NC(=O)c2ccc(Nc3nc(NC4(c5ccc(Cl)cc5)CC4)nc(OCC(F)(F)F)n3)cc2)C(=O)O)cc1OC. The van der Waals surface area contributed by atoms with Gasteiger partial charge in [0.15, 0.2) is 18.1 Å². The van der Waals surface area contributed by atoms with Gasteiger partial charge < -0.3 is 40.6 Å². The Bertz CT molecular complexity index is 2030. The maximum absolute atomic E-state index is 12.9. The highest BCUT2D eigenvalue weighted by Gasteiger charge is 2.45. The third-order valence-electron chi connectivity index (χ3n) is 8.30. The molecule has 3 aromatic carbocycles. The number of carboxylic acids is 1. The van der Waals surface area contributed by atoms with Gasteiger partial charge in [-0.2, -0.15) is 28.1 Å². The van der Waals surface area contributed by atoms with Crippen LogP contribution in [0.5, 0.6) is 17.5 Å². The van der Waals surface area contributed by atoms with Crippen molar-refractivity contribution in [3.63, 3.8) is 0 Å². The minimum absolute atomic E-state index is 0.00175. The molecule has 0 radical (unpaired) electrons. The van der Waals surface area contributed by atoms with Crippen molar-refractivity contribution >= 4 is 52.8 Å². The van der Waals surface area contributed by atoms with Gasteiger partial charge in [0.1, 0.15) is 6.04 Å². The molecule has 0 unspecified atom stereocenters. The van der Waals surface area contributed by atoms with Crippen molar-refractivity contribution in [1.82, 2.24) is 25.6 Å². The molecule has 0 spiro atoms. The lowest BCUT2D eigenvalue weighted by Crippen LogP contribution is -2.41. The van der Waals surface area contributed by atoms with Crippen molar-refractivity contribution in [2.75, 3.05) is 31.5 Å². The quantitative estimate of drug-likeness (QED) is 0.0827. The van der Waals surface area contributed by atoms with Crippen molar-refractivity contribution < 1.29 is 51.7 Å². The molecule has 0 bridgehead atoms. The van der Waals surface area contributed by atoms with Gasteiger partial charge in [-0.05, 0) is 78.9 Å². The topological polar surface area (TPSA) is 203 Å². The Kier molecular flexibility index (Phi) is 12.6. The highest BCUT2D eigenvalue weighted by molar-refractivity contribution is 6.36. The summed E-state index contributed by atoms with van der Waals surface area (Å²) in [7, 11) is 2.93. The predicted molar refractivity (Wildman–Crippen MR) is 192 cm³/mol. The summed E-state index contributed by atoms with van der Waals surface area (Å²) < 4.78 is 54.0. The van der Waals surface area contributed by atoms with E-state index in [2.05, 4.69) is 36.2 Å². The second kappa shape index (κ2) is 17.3. The molecule has 1 heterocycles. The summed E-state index contributed by atoms with van der Waals surface area (Å²) in [5.41, 5.74) is 1.29. The Morgan fingerprint density at radius 1 is 0.909 bits per heavy atom. The van der Waals surface area contributed by atoms with Crippen LogP contribution in [0.15, 0.2) is 66.7 Å². The monoisotopic (exact) mass is 785 g/mol. The number of aliphatic carboxylic acids is 1. The summed E-state index contributed by atoms with van der Waals surface area (Å²) in [5.74, 6) is -3.31. The van der Waals surface area contributed by atoms with Gasteiger partial charge in [0, 0.05) is 29.2 Å². The number of hydrogen-bond donors (Lipinski definition) is 5. The molecule has 19 heteroatoms. The average molecular weight is 786 g/mol. The summed E-state index contributed by atoms with van der Waals surface area (Å²) in [6.07, 6.45) is -4.08. The number of nitrogens with zero attached hydrogens (tertiary/aromatic N) is 3. The lowest BCUT2D eigenvalue weighted by atomic mass is 10.1. The summed E-state index contributed by atoms with van der Waals surface area (Å²) in [4.78, 5) is 62.0. The number of nitrogens with one attached hydrogen (secondary N) is 4. The number of anilines is 3. The summed E-state index contributed by atoms with van der Waals surface area (Å²) in [5, 5.41) is 21.0. The van der Waals surface area contributed by atoms with E-state index in [0.717, 1.165) is 5.56 Å². The third-order valence-corrected chi connectivity index (χ3v) is 8.55. The fourth-order valence-electron chi connectivity index (χ4n) is 5.27. The molecule has 290 valence electrons. The van der Waals surface area contributed by atoms with Gasteiger partial charge in [0.25, 0.3) is 11.8 Å². The Morgan fingerprint density at radius 2 is 1.58 bits per heavy atom. The van der Waals surface area contributed by atoms with Crippen molar-refractivity contribution in [1.29, 1.82) is 0 Å². The highest BCUT2D eigenvalue weighted by Crippen LogP contribution is 2.48. The molecule has 15 nitrogen and oxygen atoms in total. The summed E-state index contributed by atoms with van der Waals surface area (Å²) in [6, 6.07) is 15.5. The molecule has 0 saturated heterocycles. The van der Waals surface area contributed by atoms with Gasteiger partial charge in [-0.15, -0.1) is 0 Å². The zero-order chi connectivity index (χ0) is 39.8. The fraction of sp³-hybridized carbons (Fsp3) is 0.306. The van der Waals surface area contributed by atoms with E-state index in [1.165, 1.54) is 38.5 Å². The first-order chi connectivity index (χ1) is 26.2. The molecular weight excluding hydrogens is 751 g/mol. The van der Waals surface area contributed by atoms with Crippen LogP contribution in [0.3, 0.4) is 0 Å². The van der Waals surface area contributed by atoms with Crippen LogP contribution in [0.4, 0.5) is 30.8 Å². The Balaban J connectivity index is 1.19. The maximum atomic E-state index is 12.9. The van der Waals surface area contributed by atoms with Crippen LogP contribution in [0.1, 0.15) is 47.2 Å². The number of hydrogen-bond acceptors (Lipinski definition) is 12. The number of aromatic nitrogens is 3. The lowest BCUT2D eigenvalue weighted by molar-refractivity contribution is -0.154. The zero-order valence-electron chi connectivity index (χ0n) is 29.3. The standard InChI is InChI=1S/C36H35ClF3N7O8/c1-53-27-14-3-20(17-28(27)54-2)18-41-30(50)26(48)13-12-25(31(51)52)43-29(49)21-4-10-24(11-5-21)42-32-44-33(46-34(45-32)55-19-36(38,39)40)47-35(15-16-35)22-6-8-23(37)9-7-22/h3-11,14,17,25H,12-13,15-16,18-19H2,1-2H3,(H,41,50)(H,43,49)(H,51,52)(H2,42,44,45,46,47)/t25-/m0/s1. The molecular formula is C36H35ClF3N7O8. The first-order valence-electron chi connectivity index (χ1n) is 16.6. The number of ether oxygens (including phenoxy) is 3. The number of methoxy groups -OCH3 is 2. The van der Waals surface area contributed by atoms with E-state index < -0.39 is 60.4 Å². The Morgan fingerprint density at radius 3 is 2.20 bits per heavy atom. The number of amides is 2. The van der Waals surface area contributed by atoms with E-state index in [4.69, 9.17) is 25.8 Å². The molecule has 1 aliphatic carbocycles. The van der Waals surface area contributed by atoms with Crippen LogP contribution in [0.25, 0.3) is 0 Å². The van der Waals surface area contributed by atoms with Crippen molar-refractivity contribution in [2.45, 2.75) is 50.0 Å². The largest absolute Gasteiger partial charge is 0.493 e. The lowest BCUT2D eigenvalue weighted by Gasteiger charge is -2.19. The fourth-order valence-corrected chi connectivity index (χ4v) is 5.39. The number of alkyl halides is 3. The van der Waals surface area contributed by atoms with Gasteiger partial charge in [0.2, 0.25) is 17.7 Å². The van der Waals surface area contributed by atoms with Gasteiger partial charge >= 0.3 is 18.2 Å². The molecule has 0 aliphatic heterocycles. The number of carboxylic acid groups (broad SMARTS) is 1. The molecule has 1 fully saturated rings. The number of ketones is 1. The van der Waals surface area contributed by atoms with Crippen molar-refractivity contribution in [3.8, 4) is 17.5 Å². The van der Waals surface area contributed by atoms with Crippen LogP contribution in [-0.2, 0) is 26.5 Å². The van der Waals surface area contributed by atoms with E-state index in [-0.39, 0.29) is 30.4 Å². The highest BCUT2D eigenvalue weighted by atomic mass is 35.5. The minimum Gasteiger partial charge on any atom is -0.493 e. The van der Waals surface area contributed by atoms with E-state index in [0.29, 0.717) is 40.6 Å². The van der Waals surface area contributed by atoms with Crippen molar-refractivity contribution in [2.24, 2.45) is 0 Å². The van der Waals surface area contributed by atoms with Gasteiger partial charge in [-0.3, -0.25) is 14.4 Å². The molecule has 4 aromatic rings. The van der Waals surface area contributed by atoms with Crippen LogP contribution in [0, 0.1) is 0 Å². The number of benzene rings is 3. The number of Topliss-reactive ketones (excluding diaryl/α,β-unsaturated/α-hetero) is 1. The van der Waals surface area contributed by atoms with Gasteiger partial charge in [-0.25, -0.2) is 4.79 Å². The Hall–Kier alpha value is -6.17. The summed E-state index contributed by atoms with van der Waals surface area (Å²) in [6.45, 7) is -1.64. The number of halogens is 4. The van der Waals surface area contributed by atoms with E-state index >= 15 is 0 Å². The molecule has 1 aromatic heterocycles. The van der Waals surface area contributed by atoms with E-state index in [1.807, 2.05) is 12.1 Å². The molecule has 1 aliphatic rings. The third kappa shape index (κ3) is 11.2. The molecule has 55 heavy (non-hydrogen) atoms. The van der Waals surface area contributed by atoms with E-state index in [1.54, 1.807) is 30.3 Å². The van der Waals surface area contributed by atoms with Crippen LogP contribution in [0.2, 0.25) is 5.02 Å². The molecule has 1 atom stereocenters. The second-order valence-corrected chi connectivity index (χ2v) is 12.7. The average Bonchev–Trinajstić information content (AvgIpc) is 3.94. The van der Waals surface area contributed by atoms with Crippen molar-refractivity contribution in [3.05, 3.63) is 88.4 Å². The van der Waals surface area contributed by atoms with Gasteiger partial charge in [0.05, 0.1) is 19.8 Å². The second-order valence-electron chi connectivity index (χ2n) is 12.3. The molecule has 5 N–H and O–H groups in total. The predicted octanol–water partition coefficient (Wildman–Crippen LogP) is 5.18. The minimum atomic E-state index is -4.65. The molecule has 2 amide bonds. The normalized spacial score (nSPS) is 13.5.